The monoisotopic (exact) mass is 307 g/mol. The number of rotatable bonds is 6. The highest BCUT2D eigenvalue weighted by molar-refractivity contribution is 7.22. The second-order valence-corrected chi connectivity index (χ2v) is 5.80. The summed E-state index contributed by atoms with van der Waals surface area (Å²) in [4.78, 5) is 27.4. The Morgan fingerprint density at radius 2 is 2.24 bits per heavy atom. The van der Waals surface area contributed by atoms with Gasteiger partial charge in [0.05, 0.1) is 10.2 Å². The number of unbranched alkanes of at least 4 members (excludes halogenated alkanes) is 1. The minimum Gasteiger partial charge on any atom is -0.480 e. The van der Waals surface area contributed by atoms with Gasteiger partial charge in [0.2, 0.25) is 0 Å². The van der Waals surface area contributed by atoms with Gasteiger partial charge in [0.25, 0.3) is 5.91 Å². The van der Waals surface area contributed by atoms with Crippen LogP contribution in [0.2, 0.25) is 0 Å². The van der Waals surface area contributed by atoms with E-state index in [1.165, 1.54) is 11.3 Å². The van der Waals surface area contributed by atoms with E-state index >= 15 is 0 Å². The largest absolute Gasteiger partial charge is 0.480 e. The Kier molecular flexibility index (Phi) is 4.74. The molecule has 0 aliphatic rings. The molecule has 2 aromatic rings. The first-order chi connectivity index (χ1) is 10.0. The molecule has 0 fully saturated rings. The van der Waals surface area contributed by atoms with Gasteiger partial charge in [-0.15, -0.1) is 0 Å². The first kappa shape index (κ1) is 15.2. The molecule has 1 unspecified atom stereocenters. The Hall–Kier alpha value is -2.15. The average Bonchev–Trinajstić information content (AvgIpc) is 2.81. The first-order valence-electron chi connectivity index (χ1n) is 6.71. The van der Waals surface area contributed by atoms with Gasteiger partial charge in [-0.2, -0.15) is 0 Å². The molecule has 112 valence electrons. The first-order valence-corrected chi connectivity index (χ1v) is 7.52. The van der Waals surface area contributed by atoms with Gasteiger partial charge in [0, 0.05) is 5.56 Å². The van der Waals surface area contributed by atoms with E-state index in [4.69, 9.17) is 10.8 Å². The molecule has 1 amide bonds. The van der Waals surface area contributed by atoms with E-state index in [1.54, 1.807) is 18.2 Å². The van der Waals surface area contributed by atoms with Crippen molar-refractivity contribution in [2.45, 2.75) is 32.2 Å². The zero-order valence-corrected chi connectivity index (χ0v) is 12.4. The number of hydrogen-bond acceptors (Lipinski definition) is 5. The highest BCUT2D eigenvalue weighted by Gasteiger charge is 2.20. The van der Waals surface area contributed by atoms with E-state index in [-0.39, 0.29) is 0 Å². The van der Waals surface area contributed by atoms with Crippen molar-refractivity contribution in [3.8, 4) is 0 Å². The number of carboxylic acids is 1. The molecule has 21 heavy (non-hydrogen) atoms. The number of thiazole rings is 1. The van der Waals surface area contributed by atoms with Crippen LogP contribution in [0.1, 0.15) is 36.5 Å². The van der Waals surface area contributed by atoms with Gasteiger partial charge in [-0.1, -0.05) is 31.1 Å². The molecule has 0 bridgehead atoms. The van der Waals surface area contributed by atoms with Gasteiger partial charge >= 0.3 is 5.97 Å². The fourth-order valence-corrected chi connectivity index (χ4v) is 2.76. The maximum atomic E-state index is 12.2. The lowest BCUT2D eigenvalue weighted by atomic mass is 10.1. The number of aliphatic carboxylic acids is 1. The van der Waals surface area contributed by atoms with Crippen LogP contribution in [0.25, 0.3) is 10.2 Å². The van der Waals surface area contributed by atoms with Crippen LogP contribution in [0.3, 0.4) is 0 Å². The van der Waals surface area contributed by atoms with Crippen LogP contribution in [-0.4, -0.2) is 28.0 Å². The molecule has 1 atom stereocenters. The zero-order valence-electron chi connectivity index (χ0n) is 11.6. The molecule has 0 spiro atoms. The maximum Gasteiger partial charge on any atom is 0.326 e. The van der Waals surface area contributed by atoms with Crippen molar-refractivity contribution in [1.29, 1.82) is 0 Å². The fourth-order valence-electron chi connectivity index (χ4n) is 1.99. The third-order valence-corrected chi connectivity index (χ3v) is 3.96. The molecule has 0 saturated heterocycles. The maximum absolute atomic E-state index is 12.2. The predicted molar refractivity (Wildman–Crippen MR) is 82.4 cm³/mol. The third-order valence-electron chi connectivity index (χ3n) is 3.12. The van der Waals surface area contributed by atoms with Crippen LogP contribution >= 0.6 is 11.3 Å². The Morgan fingerprint density at radius 3 is 2.90 bits per heavy atom. The second-order valence-electron chi connectivity index (χ2n) is 4.74. The Balaban J connectivity index is 2.14. The number of nitrogens with zero attached hydrogens (tertiary/aromatic N) is 1. The minimum atomic E-state index is -1.01. The van der Waals surface area contributed by atoms with Crippen molar-refractivity contribution in [2.75, 3.05) is 5.73 Å². The number of hydrogen-bond donors (Lipinski definition) is 3. The molecule has 1 heterocycles. The summed E-state index contributed by atoms with van der Waals surface area (Å²) in [6.45, 7) is 1.98. The molecular weight excluding hydrogens is 290 g/mol. The van der Waals surface area contributed by atoms with Gasteiger partial charge in [-0.25, -0.2) is 9.78 Å². The number of nitrogen functional groups attached to an aromatic ring is 1. The van der Waals surface area contributed by atoms with Crippen LogP contribution in [0, 0.1) is 0 Å². The third kappa shape index (κ3) is 3.69. The predicted octanol–water partition coefficient (Wildman–Crippen LogP) is 2.25. The molecular formula is C14H17N3O3S. The molecule has 4 N–H and O–H groups in total. The van der Waals surface area contributed by atoms with Crippen molar-refractivity contribution in [3.63, 3.8) is 0 Å². The number of carboxylic acid groups (broad SMARTS) is 1. The van der Waals surface area contributed by atoms with Crippen molar-refractivity contribution < 1.29 is 14.7 Å². The molecule has 1 aromatic heterocycles. The number of nitrogens with one attached hydrogen (secondary N) is 1. The smallest absolute Gasteiger partial charge is 0.326 e. The van der Waals surface area contributed by atoms with E-state index in [9.17, 15) is 9.59 Å². The SMILES string of the molecule is CCCCC(NC(=O)c1ccc2nc(N)sc2c1)C(=O)O. The summed E-state index contributed by atoms with van der Waals surface area (Å²) >= 11 is 1.29. The van der Waals surface area contributed by atoms with Gasteiger partial charge in [-0.3, -0.25) is 4.79 Å². The number of aromatic nitrogens is 1. The van der Waals surface area contributed by atoms with Crippen molar-refractivity contribution >= 4 is 38.6 Å². The normalized spacial score (nSPS) is 12.2. The molecule has 6 nitrogen and oxygen atoms in total. The van der Waals surface area contributed by atoms with Crippen LogP contribution in [-0.2, 0) is 4.79 Å². The van der Waals surface area contributed by atoms with Crippen molar-refractivity contribution in [1.82, 2.24) is 10.3 Å². The molecule has 7 heteroatoms. The van der Waals surface area contributed by atoms with Gasteiger partial charge < -0.3 is 16.2 Å². The van der Waals surface area contributed by atoms with Crippen molar-refractivity contribution in [2.24, 2.45) is 0 Å². The van der Waals surface area contributed by atoms with Crippen LogP contribution in [0.5, 0.6) is 0 Å². The van der Waals surface area contributed by atoms with Gasteiger partial charge in [0.1, 0.15) is 6.04 Å². The highest BCUT2D eigenvalue weighted by Crippen LogP contribution is 2.24. The summed E-state index contributed by atoms with van der Waals surface area (Å²) in [7, 11) is 0. The number of carbonyl (C=O) groups excluding carboxylic acids is 1. The number of fused-ring (bicyclic) bond motifs is 1. The lowest BCUT2D eigenvalue weighted by molar-refractivity contribution is -0.139. The summed E-state index contributed by atoms with van der Waals surface area (Å²) in [5.74, 6) is -1.41. The molecule has 0 aliphatic heterocycles. The van der Waals surface area contributed by atoms with Crippen LogP contribution in [0.4, 0.5) is 5.13 Å². The van der Waals surface area contributed by atoms with Crippen LogP contribution in [0.15, 0.2) is 18.2 Å². The van der Waals surface area contributed by atoms with E-state index in [0.29, 0.717) is 17.1 Å². The molecule has 2 rings (SSSR count). The van der Waals surface area contributed by atoms with Gasteiger partial charge in [0.15, 0.2) is 5.13 Å². The fraction of sp³-hybridized carbons (Fsp3) is 0.357. The number of anilines is 1. The number of nitrogens with two attached hydrogens (primary N) is 1. The molecule has 0 radical (unpaired) electrons. The molecule has 0 aliphatic carbocycles. The van der Waals surface area contributed by atoms with E-state index in [2.05, 4.69) is 10.3 Å². The van der Waals surface area contributed by atoms with E-state index in [0.717, 1.165) is 23.1 Å². The summed E-state index contributed by atoms with van der Waals surface area (Å²) in [6, 6.07) is 4.14. The Labute approximate surface area is 126 Å². The number of benzene rings is 1. The standard InChI is InChI=1S/C14H17N3O3S/c1-2-3-4-10(13(19)20)16-12(18)8-5-6-9-11(7-8)21-14(15)17-9/h5-7,10H,2-4H2,1H3,(H2,15,17)(H,16,18)(H,19,20). The zero-order chi connectivity index (χ0) is 15.4. The van der Waals surface area contributed by atoms with Gasteiger partial charge in [-0.05, 0) is 24.6 Å². The number of amides is 1. The topological polar surface area (TPSA) is 105 Å². The van der Waals surface area contributed by atoms with Crippen LogP contribution < -0.4 is 11.1 Å². The average molecular weight is 307 g/mol. The quantitative estimate of drug-likeness (QED) is 0.759. The second kappa shape index (κ2) is 6.53. The Bertz CT molecular complexity index is 669. The number of carbonyl (C=O) groups is 2. The highest BCUT2D eigenvalue weighted by atomic mass is 32.1. The van der Waals surface area contributed by atoms with E-state index < -0.39 is 17.9 Å². The lowest BCUT2D eigenvalue weighted by Crippen LogP contribution is -2.40. The van der Waals surface area contributed by atoms with E-state index in [1.807, 2.05) is 6.92 Å². The minimum absolute atomic E-state index is 0.396. The molecule has 1 aromatic carbocycles. The van der Waals surface area contributed by atoms with Crippen molar-refractivity contribution in [3.05, 3.63) is 23.8 Å². The lowest BCUT2D eigenvalue weighted by Gasteiger charge is -2.14. The Morgan fingerprint density at radius 1 is 1.48 bits per heavy atom. The summed E-state index contributed by atoms with van der Waals surface area (Å²) < 4.78 is 0.806. The summed E-state index contributed by atoms with van der Waals surface area (Å²) in [5, 5.41) is 12.1. The summed E-state index contributed by atoms with van der Waals surface area (Å²) in [6.07, 6.45) is 2.06. The summed E-state index contributed by atoms with van der Waals surface area (Å²) in [5.41, 5.74) is 6.76. The molecule has 0 saturated carbocycles.